The lowest BCUT2D eigenvalue weighted by atomic mass is 10.2. The first-order valence-corrected chi connectivity index (χ1v) is 8.45. The Hall–Kier alpha value is -3.46. The molecular weight excluding hydrogens is 376 g/mol. The van der Waals surface area contributed by atoms with Gasteiger partial charge in [-0.25, -0.2) is 13.8 Å². The van der Waals surface area contributed by atoms with Crippen LogP contribution in [0, 0.1) is 21.7 Å². The number of hydrogen-bond donors (Lipinski definition) is 1. The molecule has 136 valence electrons. The molecule has 1 amide bonds. The number of nitro benzene ring substituents is 1. The maximum atomic E-state index is 13.3. The topological polar surface area (TPSA) is 85.1 Å². The molecule has 0 fully saturated rings. The van der Waals surface area contributed by atoms with Crippen molar-refractivity contribution in [2.75, 3.05) is 5.32 Å². The number of nitro groups is 1. The SMILES string of the molecule is O=C(C=Cc1ccc([N+](=O)[O-])cc1)Nc1nc(-c2ccc(F)c(F)c2)cs1. The number of non-ortho nitro benzene ring substituents is 1. The van der Waals surface area contributed by atoms with Crippen LogP contribution in [-0.4, -0.2) is 15.8 Å². The molecule has 3 aromatic rings. The van der Waals surface area contributed by atoms with E-state index in [-0.39, 0.29) is 5.69 Å². The number of nitrogens with zero attached hydrogens (tertiary/aromatic N) is 2. The van der Waals surface area contributed by atoms with Crippen LogP contribution in [-0.2, 0) is 4.79 Å². The van der Waals surface area contributed by atoms with E-state index in [4.69, 9.17) is 0 Å². The Kier molecular flexibility index (Phi) is 5.32. The van der Waals surface area contributed by atoms with Gasteiger partial charge in [0.05, 0.1) is 10.6 Å². The van der Waals surface area contributed by atoms with E-state index in [1.54, 1.807) is 5.38 Å². The molecule has 2 aromatic carbocycles. The Morgan fingerprint density at radius 3 is 2.56 bits per heavy atom. The number of rotatable bonds is 5. The molecular formula is C18H11F2N3O3S. The summed E-state index contributed by atoms with van der Waals surface area (Å²) in [6.07, 6.45) is 2.77. The van der Waals surface area contributed by atoms with Crippen molar-refractivity contribution in [3.05, 3.63) is 81.2 Å². The van der Waals surface area contributed by atoms with Crippen molar-refractivity contribution in [1.82, 2.24) is 4.98 Å². The minimum atomic E-state index is -0.975. The highest BCUT2D eigenvalue weighted by Gasteiger charge is 2.09. The second-order valence-electron chi connectivity index (χ2n) is 5.34. The van der Waals surface area contributed by atoms with E-state index in [0.29, 0.717) is 22.0 Å². The van der Waals surface area contributed by atoms with Crippen LogP contribution in [0.2, 0.25) is 0 Å². The normalized spacial score (nSPS) is 10.9. The van der Waals surface area contributed by atoms with Gasteiger partial charge in [-0.3, -0.25) is 20.2 Å². The number of benzene rings is 2. The lowest BCUT2D eigenvalue weighted by molar-refractivity contribution is -0.384. The Morgan fingerprint density at radius 2 is 1.89 bits per heavy atom. The Balaban J connectivity index is 1.65. The van der Waals surface area contributed by atoms with Gasteiger partial charge in [0.1, 0.15) is 0 Å². The molecule has 0 unspecified atom stereocenters. The van der Waals surface area contributed by atoms with Gasteiger partial charge < -0.3 is 0 Å². The summed E-state index contributed by atoms with van der Waals surface area (Å²) in [5, 5.41) is 15.1. The summed E-state index contributed by atoms with van der Waals surface area (Å²) >= 11 is 1.14. The van der Waals surface area contributed by atoms with Crippen molar-refractivity contribution in [3.63, 3.8) is 0 Å². The van der Waals surface area contributed by atoms with Gasteiger partial charge in [-0.05, 0) is 42.0 Å². The minimum absolute atomic E-state index is 0.0378. The molecule has 0 atom stereocenters. The molecule has 3 rings (SSSR count). The maximum absolute atomic E-state index is 13.3. The van der Waals surface area contributed by atoms with Crippen molar-refractivity contribution < 1.29 is 18.5 Å². The lowest BCUT2D eigenvalue weighted by Crippen LogP contribution is -2.07. The molecule has 0 aliphatic carbocycles. The number of anilines is 1. The number of carbonyl (C=O) groups excluding carboxylic acids is 1. The first kappa shape index (κ1) is 18.3. The molecule has 0 saturated carbocycles. The molecule has 0 aliphatic heterocycles. The van der Waals surface area contributed by atoms with Crippen LogP contribution in [0.25, 0.3) is 17.3 Å². The highest BCUT2D eigenvalue weighted by atomic mass is 32.1. The average Bonchev–Trinajstić information content (AvgIpc) is 3.11. The van der Waals surface area contributed by atoms with E-state index in [2.05, 4.69) is 10.3 Å². The fraction of sp³-hybridized carbons (Fsp3) is 0. The van der Waals surface area contributed by atoms with Crippen LogP contribution >= 0.6 is 11.3 Å². The van der Waals surface area contributed by atoms with Crippen molar-refractivity contribution in [1.29, 1.82) is 0 Å². The number of nitrogens with one attached hydrogen (secondary N) is 1. The molecule has 0 aliphatic rings. The number of amides is 1. The van der Waals surface area contributed by atoms with E-state index < -0.39 is 22.5 Å². The first-order chi connectivity index (χ1) is 12.9. The molecule has 0 spiro atoms. The van der Waals surface area contributed by atoms with Crippen LogP contribution in [0.15, 0.2) is 53.9 Å². The van der Waals surface area contributed by atoms with Crippen LogP contribution in [0.1, 0.15) is 5.56 Å². The van der Waals surface area contributed by atoms with Crippen molar-refractivity contribution in [2.24, 2.45) is 0 Å². The summed E-state index contributed by atoms with van der Waals surface area (Å²) < 4.78 is 26.3. The van der Waals surface area contributed by atoms with E-state index in [1.807, 2.05) is 0 Å². The summed E-state index contributed by atoms with van der Waals surface area (Å²) in [5.41, 5.74) is 1.39. The van der Waals surface area contributed by atoms with Gasteiger partial charge in [-0.15, -0.1) is 11.3 Å². The number of halogens is 2. The van der Waals surface area contributed by atoms with E-state index >= 15 is 0 Å². The monoisotopic (exact) mass is 387 g/mol. The summed E-state index contributed by atoms with van der Waals surface area (Å²) in [6.45, 7) is 0. The Morgan fingerprint density at radius 1 is 1.15 bits per heavy atom. The van der Waals surface area contributed by atoms with Gasteiger partial charge in [0, 0.05) is 29.2 Å². The largest absolute Gasteiger partial charge is 0.298 e. The summed E-state index contributed by atoms with van der Waals surface area (Å²) in [6, 6.07) is 9.16. The molecule has 6 nitrogen and oxygen atoms in total. The molecule has 0 saturated heterocycles. The predicted molar refractivity (Wildman–Crippen MR) is 98.2 cm³/mol. The van der Waals surface area contributed by atoms with Gasteiger partial charge in [-0.2, -0.15) is 0 Å². The summed E-state index contributed by atoms with van der Waals surface area (Å²) in [7, 11) is 0. The molecule has 27 heavy (non-hydrogen) atoms. The van der Waals surface area contributed by atoms with Crippen LogP contribution in [0.4, 0.5) is 19.6 Å². The lowest BCUT2D eigenvalue weighted by Gasteiger charge is -1.98. The van der Waals surface area contributed by atoms with Crippen LogP contribution in [0.3, 0.4) is 0 Å². The first-order valence-electron chi connectivity index (χ1n) is 7.57. The van der Waals surface area contributed by atoms with Gasteiger partial charge in [0.25, 0.3) is 5.69 Å². The summed E-state index contributed by atoms with van der Waals surface area (Å²) in [5.74, 6) is -2.37. The standard InChI is InChI=1S/C18H11F2N3O3S/c19-14-7-4-12(9-15(14)20)16-10-27-18(21-16)22-17(24)8-3-11-1-5-13(6-2-11)23(25)26/h1-10H,(H,21,22,24). The predicted octanol–water partition coefficient (Wildman–Crippen LogP) is 4.65. The molecule has 0 radical (unpaired) electrons. The van der Waals surface area contributed by atoms with Crippen LogP contribution in [0.5, 0.6) is 0 Å². The second kappa shape index (κ2) is 7.83. The second-order valence-corrected chi connectivity index (χ2v) is 6.20. The molecule has 1 N–H and O–H groups in total. The molecule has 1 heterocycles. The zero-order valence-corrected chi connectivity index (χ0v) is 14.4. The smallest absolute Gasteiger partial charge is 0.269 e. The van der Waals surface area contributed by atoms with Crippen LogP contribution < -0.4 is 5.32 Å². The Bertz CT molecular complexity index is 1030. The molecule has 1 aromatic heterocycles. The highest BCUT2D eigenvalue weighted by Crippen LogP contribution is 2.26. The minimum Gasteiger partial charge on any atom is -0.298 e. The third-order valence-corrected chi connectivity index (χ3v) is 4.24. The quantitative estimate of drug-likeness (QED) is 0.392. The van der Waals surface area contributed by atoms with Crippen molar-refractivity contribution in [3.8, 4) is 11.3 Å². The zero-order valence-electron chi connectivity index (χ0n) is 13.6. The van der Waals surface area contributed by atoms with Gasteiger partial charge >= 0.3 is 0 Å². The Labute approximate surface area is 156 Å². The average molecular weight is 387 g/mol. The zero-order chi connectivity index (χ0) is 19.4. The van der Waals surface area contributed by atoms with E-state index in [1.165, 1.54) is 42.5 Å². The van der Waals surface area contributed by atoms with Gasteiger partial charge in [-0.1, -0.05) is 0 Å². The maximum Gasteiger partial charge on any atom is 0.269 e. The van der Waals surface area contributed by atoms with Gasteiger partial charge in [0.15, 0.2) is 16.8 Å². The number of thiazole rings is 1. The van der Waals surface area contributed by atoms with Crippen molar-refractivity contribution in [2.45, 2.75) is 0 Å². The highest BCUT2D eigenvalue weighted by molar-refractivity contribution is 7.14. The fourth-order valence-electron chi connectivity index (χ4n) is 2.15. The third kappa shape index (κ3) is 4.59. The molecule has 0 bridgehead atoms. The fourth-order valence-corrected chi connectivity index (χ4v) is 2.87. The van der Waals surface area contributed by atoms with E-state index in [9.17, 15) is 23.7 Å². The third-order valence-electron chi connectivity index (χ3n) is 3.48. The van der Waals surface area contributed by atoms with Crippen molar-refractivity contribution >= 4 is 34.1 Å². The molecule has 9 heteroatoms. The number of carbonyl (C=O) groups is 1. The van der Waals surface area contributed by atoms with E-state index in [0.717, 1.165) is 23.5 Å². The van der Waals surface area contributed by atoms with Gasteiger partial charge in [0.2, 0.25) is 5.91 Å². The number of hydrogen-bond acceptors (Lipinski definition) is 5. The summed E-state index contributed by atoms with van der Waals surface area (Å²) in [4.78, 5) is 26.2. The number of aromatic nitrogens is 1.